The highest BCUT2D eigenvalue weighted by Crippen LogP contribution is 2.22. The van der Waals surface area contributed by atoms with E-state index in [-0.39, 0.29) is 5.56 Å². The second-order valence-corrected chi connectivity index (χ2v) is 5.36. The second-order valence-electron chi connectivity index (χ2n) is 5.36. The first-order valence-corrected chi connectivity index (χ1v) is 7.44. The van der Waals surface area contributed by atoms with Crippen LogP contribution >= 0.6 is 0 Å². The number of anilines is 1. The van der Waals surface area contributed by atoms with Crippen molar-refractivity contribution in [1.29, 1.82) is 0 Å². The molecule has 0 aliphatic carbocycles. The third-order valence-electron chi connectivity index (χ3n) is 3.68. The van der Waals surface area contributed by atoms with E-state index in [1.165, 1.54) is 29.0 Å². The molecule has 126 valence electrons. The number of amides is 2. The smallest absolute Gasteiger partial charge is 0.366 e. The number of hydrogen-bond donors (Lipinski definition) is 2. The fourth-order valence-corrected chi connectivity index (χ4v) is 2.50. The van der Waals surface area contributed by atoms with Crippen molar-refractivity contribution < 1.29 is 14.1 Å². The molecule has 7 heteroatoms. The number of aryl methyl sites for hydroxylation is 1. The van der Waals surface area contributed by atoms with Crippen LogP contribution in [0, 0.1) is 0 Å². The van der Waals surface area contributed by atoms with E-state index in [0.717, 1.165) is 0 Å². The summed E-state index contributed by atoms with van der Waals surface area (Å²) in [5, 5.41) is 2.62. The van der Waals surface area contributed by atoms with Gasteiger partial charge in [0.2, 0.25) is 5.91 Å². The van der Waals surface area contributed by atoms with Crippen molar-refractivity contribution in [2.75, 3.05) is 5.32 Å². The van der Waals surface area contributed by atoms with Gasteiger partial charge in [0.25, 0.3) is 5.91 Å². The van der Waals surface area contributed by atoms with Crippen LogP contribution in [0.25, 0.3) is 11.3 Å². The molecule has 3 rings (SSSR count). The molecule has 3 aromatic rings. The predicted octanol–water partition coefficient (Wildman–Crippen LogP) is 2.00. The third-order valence-corrected chi connectivity index (χ3v) is 3.68. The Morgan fingerprint density at radius 1 is 1.04 bits per heavy atom. The fourth-order valence-electron chi connectivity index (χ4n) is 2.50. The Morgan fingerprint density at radius 3 is 2.28 bits per heavy atom. The van der Waals surface area contributed by atoms with Crippen molar-refractivity contribution in [3.63, 3.8) is 0 Å². The molecule has 1 aromatic heterocycles. The van der Waals surface area contributed by atoms with E-state index in [0.29, 0.717) is 22.5 Å². The van der Waals surface area contributed by atoms with Crippen molar-refractivity contribution in [2.45, 2.75) is 0 Å². The summed E-state index contributed by atoms with van der Waals surface area (Å²) in [6.07, 6.45) is 0. The maximum atomic E-state index is 12.6. The molecule has 0 aliphatic rings. The van der Waals surface area contributed by atoms with Crippen LogP contribution in [-0.4, -0.2) is 16.6 Å². The Morgan fingerprint density at radius 2 is 1.68 bits per heavy atom. The summed E-state index contributed by atoms with van der Waals surface area (Å²) >= 11 is 0. The first-order chi connectivity index (χ1) is 12.0. The second kappa shape index (κ2) is 6.48. The molecule has 2 amide bonds. The highest BCUT2D eigenvalue weighted by Gasteiger charge is 2.23. The van der Waals surface area contributed by atoms with Gasteiger partial charge in [0.15, 0.2) is 5.56 Å². The fraction of sp³-hybridized carbons (Fsp3) is 0.0556. The summed E-state index contributed by atoms with van der Waals surface area (Å²) in [6.45, 7) is 0. The molecule has 0 aliphatic heterocycles. The zero-order valence-corrected chi connectivity index (χ0v) is 13.4. The van der Waals surface area contributed by atoms with Gasteiger partial charge in [-0.2, -0.15) is 0 Å². The number of aromatic nitrogens is 1. The minimum Gasteiger partial charge on any atom is -0.366 e. The summed E-state index contributed by atoms with van der Waals surface area (Å²) in [5.74, 6) is -1.16. The van der Waals surface area contributed by atoms with E-state index in [2.05, 4.69) is 5.32 Å². The summed E-state index contributed by atoms with van der Waals surface area (Å²) < 4.78 is 6.32. The van der Waals surface area contributed by atoms with E-state index in [9.17, 15) is 14.4 Å². The van der Waals surface area contributed by atoms with Crippen LogP contribution in [0.1, 0.15) is 20.7 Å². The topological polar surface area (TPSA) is 107 Å². The zero-order chi connectivity index (χ0) is 18.0. The maximum absolute atomic E-state index is 12.6. The minimum atomic E-state index is -0.729. The number of benzene rings is 2. The monoisotopic (exact) mass is 337 g/mol. The van der Waals surface area contributed by atoms with Gasteiger partial charge in [-0.05, 0) is 24.3 Å². The molecule has 0 unspecified atom stereocenters. The van der Waals surface area contributed by atoms with Crippen LogP contribution in [0.15, 0.2) is 63.9 Å². The highest BCUT2D eigenvalue weighted by atomic mass is 16.5. The summed E-state index contributed by atoms with van der Waals surface area (Å²) in [4.78, 5) is 35.8. The number of nitrogens with one attached hydrogen (secondary N) is 1. The minimum absolute atomic E-state index is 0.0901. The lowest BCUT2D eigenvalue weighted by atomic mass is 10.1. The van der Waals surface area contributed by atoms with Crippen molar-refractivity contribution in [1.82, 2.24) is 4.74 Å². The Kier molecular flexibility index (Phi) is 4.21. The number of carbonyl (C=O) groups is 2. The summed E-state index contributed by atoms with van der Waals surface area (Å²) in [6, 6.07) is 15.0. The van der Waals surface area contributed by atoms with Crippen LogP contribution in [0.2, 0.25) is 0 Å². The number of rotatable bonds is 4. The Balaban J connectivity index is 1.95. The van der Waals surface area contributed by atoms with Crippen LogP contribution in [-0.2, 0) is 7.05 Å². The molecule has 2 aromatic carbocycles. The van der Waals surface area contributed by atoms with Gasteiger partial charge in [0, 0.05) is 23.9 Å². The lowest BCUT2D eigenvalue weighted by Crippen LogP contribution is -2.19. The van der Waals surface area contributed by atoms with Crippen molar-refractivity contribution >= 4 is 17.5 Å². The van der Waals surface area contributed by atoms with E-state index < -0.39 is 17.4 Å². The van der Waals surface area contributed by atoms with Gasteiger partial charge >= 0.3 is 5.63 Å². The maximum Gasteiger partial charge on any atom is 0.370 e. The van der Waals surface area contributed by atoms with Gasteiger partial charge in [0.05, 0.1) is 0 Å². The Hall–Kier alpha value is -3.61. The zero-order valence-electron chi connectivity index (χ0n) is 13.4. The molecule has 0 spiro atoms. The molecule has 0 bridgehead atoms. The molecule has 3 N–H and O–H groups in total. The molecule has 0 fully saturated rings. The average Bonchev–Trinajstić information content (AvgIpc) is 2.90. The van der Waals surface area contributed by atoms with Crippen molar-refractivity contribution in [3.05, 3.63) is 76.1 Å². The number of primary amides is 1. The van der Waals surface area contributed by atoms with Gasteiger partial charge in [-0.25, -0.2) is 9.53 Å². The van der Waals surface area contributed by atoms with Gasteiger partial charge < -0.3 is 15.6 Å². The van der Waals surface area contributed by atoms with Crippen molar-refractivity contribution in [3.8, 4) is 11.3 Å². The van der Waals surface area contributed by atoms with E-state index in [1.54, 1.807) is 31.3 Å². The molecular weight excluding hydrogens is 322 g/mol. The molecular formula is C18H15N3O4. The third kappa shape index (κ3) is 3.20. The number of nitrogens with two attached hydrogens (primary N) is 1. The summed E-state index contributed by atoms with van der Waals surface area (Å²) in [5.41, 5.74) is 6.18. The van der Waals surface area contributed by atoms with Gasteiger partial charge in [-0.15, -0.1) is 0 Å². The molecule has 7 nitrogen and oxygen atoms in total. The highest BCUT2D eigenvalue weighted by molar-refractivity contribution is 6.08. The molecule has 0 saturated heterocycles. The largest absolute Gasteiger partial charge is 0.370 e. The molecule has 1 heterocycles. The van der Waals surface area contributed by atoms with Crippen LogP contribution in [0.5, 0.6) is 0 Å². The van der Waals surface area contributed by atoms with Gasteiger partial charge in [-0.1, -0.05) is 30.3 Å². The van der Waals surface area contributed by atoms with Gasteiger partial charge in [0.1, 0.15) is 5.69 Å². The van der Waals surface area contributed by atoms with Crippen LogP contribution in [0.3, 0.4) is 0 Å². The molecule has 0 radical (unpaired) electrons. The number of hydrogen-bond acceptors (Lipinski definition) is 4. The van der Waals surface area contributed by atoms with Gasteiger partial charge in [-0.3, -0.25) is 9.59 Å². The SMILES string of the molecule is Cn1oc(=O)c(C(=O)Nc2ccc(C(N)=O)cc2)c1-c1ccccc1. The molecule has 0 atom stereocenters. The predicted molar refractivity (Wildman–Crippen MR) is 92.3 cm³/mol. The average molecular weight is 337 g/mol. The number of nitrogens with zero attached hydrogens (tertiary/aromatic N) is 1. The van der Waals surface area contributed by atoms with Crippen molar-refractivity contribution in [2.24, 2.45) is 12.8 Å². The Bertz CT molecular complexity index is 985. The first-order valence-electron chi connectivity index (χ1n) is 7.44. The lowest BCUT2D eigenvalue weighted by Gasteiger charge is -2.06. The van der Waals surface area contributed by atoms with E-state index in [1.807, 2.05) is 6.07 Å². The van der Waals surface area contributed by atoms with Crippen LogP contribution in [0.4, 0.5) is 5.69 Å². The number of carbonyl (C=O) groups excluding carboxylic acids is 2. The van der Waals surface area contributed by atoms with E-state index in [4.69, 9.17) is 10.3 Å². The lowest BCUT2D eigenvalue weighted by molar-refractivity contribution is 0.0998. The van der Waals surface area contributed by atoms with Crippen LogP contribution < -0.4 is 16.7 Å². The molecule has 25 heavy (non-hydrogen) atoms. The van der Waals surface area contributed by atoms with E-state index >= 15 is 0 Å². The quantitative estimate of drug-likeness (QED) is 0.759. The Labute approximate surface area is 142 Å². The standard InChI is InChI=1S/C18H15N3O4/c1-21-15(11-5-3-2-4-6-11)14(18(24)25-21)17(23)20-13-9-7-12(8-10-13)16(19)22/h2-10H,1H3,(H2,19,22)(H,20,23). The summed E-state index contributed by atoms with van der Waals surface area (Å²) in [7, 11) is 1.56. The first kappa shape index (κ1) is 16.3. The molecule has 0 saturated carbocycles. The normalized spacial score (nSPS) is 10.4.